The molecule has 5 N–H and O–H groups in total. The molecular weight excluding hydrogens is 838 g/mol. The van der Waals surface area contributed by atoms with Crippen molar-refractivity contribution in [2.75, 3.05) is 27.2 Å². The molecule has 4 heterocycles. The molecule has 66 heavy (non-hydrogen) atoms. The number of alkyl carbamates (subject to hydrolysis) is 1. The lowest BCUT2D eigenvalue weighted by Crippen LogP contribution is -2.53. The fraction of sp³-hybridized carbons (Fsp3) is 0.569. The molecule has 4 bridgehead atoms. The summed E-state index contributed by atoms with van der Waals surface area (Å²) < 4.78 is 20.0. The van der Waals surface area contributed by atoms with E-state index in [-0.39, 0.29) is 54.6 Å². The topological polar surface area (TPSA) is 177 Å². The lowest BCUT2D eigenvalue weighted by atomic mass is 9.78. The zero-order chi connectivity index (χ0) is 46.3. The predicted octanol–water partition coefficient (Wildman–Crippen LogP) is 8.72. The number of H-pyrrole nitrogens is 2. The third kappa shape index (κ3) is 7.44. The van der Waals surface area contributed by atoms with Gasteiger partial charge in [-0.1, -0.05) is 58.9 Å². The number of rotatable bonds is 11. The van der Waals surface area contributed by atoms with Gasteiger partial charge in [-0.2, -0.15) is 0 Å². The quantitative estimate of drug-likeness (QED) is 0.1000. The molecule has 5 amide bonds. The zero-order valence-electron chi connectivity index (χ0n) is 39.2. The summed E-state index contributed by atoms with van der Waals surface area (Å²) in [5.74, 6) is 2.75. The van der Waals surface area contributed by atoms with Crippen molar-refractivity contribution < 1.29 is 28.3 Å². The first kappa shape index (κ1) is 44.1. The third-order valence-electron chi connectivity index (χ3n) is 15.9. The van der Waals surface area contributed by atoms with Gasteiger partial charge in [0, 0.05) is 31.1 Å². The summed E-state index contributed by atoms with van der Waals surface area (Å²) in [6.07, 6.45) is 9.73. The van der Waals surface area contributed by atoms with Crippen LogP contribution in [0.5, 0.6) is 0 Å². The molecule has 10 rings (SSSR count). The Morgan fingerprint density at radius 2 is 1.11 bits per heavy atom. The monoisotopic (exact) mass is 902 g/mol. The maximum atomic E-state index is 15.2. The Hall–Kier alpha value is -5.73. The minimum Gasteiger partial charge on any atom is -0.453 e. The van der Waals surface area contributed by atoms with Crippen LogP contribution in [-0.4, -0.2) is 99.2 Å². The van der Waals surface area contributed by atoms with Gasteiger partial charge in [-0.15, -0.1) is 0 Å². The van der Waals surface area contributed by atoms with Gasteiger partial charge < -0.3 is 40.5 Å². The van der Waals surface area contributed by atoms with Gasteiger partial charge in [0.25, 0.3) is 0 Å². The Morgan fingerprint density at radius 1 is 0.667 bits per heavy atom. The Morgan fingerprint density at radius 3 is 1.58 bits per heavy atom. The first-order valence-electron chi connectivity index (χ1n) is 24.3. The maximum absolute atomic E-state index is 15.2. The zero-order valence-corrected chi connectivity index (χ0v) is 39.2. The van der Waals surface area contributed by atoms with E-state index in [4.69, 9.17) is 14.7 Å². The standard InChI is InChI=1S/C51H64FN9O5/c1-24(2)44(58-50(64)53-6)48(62)60-22-26(5)16-38(60)46-54-20-36(56-46)34-14-12-32(40-27-8-10-29(17-27)42(34)40)33-13-15-35(43-30-11-9-28(18-30)41(33)43)37-21-55-47(57-37)39-19-31(52)23-61(39)49(63)45(25(3)4)59-51(65)66-7/h12-15,20-21,24-31,38-39,44-45H,8-11,16-19,22-23H2,1-7H3,(H,54,56)(H,55,57)(H,59,65)(H2,53,58,64). The molecule has 14 nitrogen and oxygen atoms in total. The second-order valence-corrected chi connectivity index (χ2v) is 20.7. The molecule has 15 heteroatoms. The molecule has 10 unspecified atom stereocenters. The van der Waals surface area contributed by atoms with Crippen LogP contribution in [0.4, 0.5) is 14.0 Å². The number of halogens is 1. The van der Waals surface area contributed by atoms with Gasteiger partial charge in [-0.05, 0) is 120 Å². The first-order valence-corrected chi connectivity index (χ1v) is 24.3. The highest BCUT2D eigenvalue weighted by Gasteiger charge is 2.46. The number of carbonyl (C=O) groups excluding carboxylic acids is 4. The highest BCUT2D eigenvalue weighted by atomic mass is 19.1. The van der Waals surface area contributed by atoms with E-state index in [1.165, 1.54) is 70.2 Å². The molecular formula is C51H64FN9O5. The van der Waals surface area contributed by atoms with Gasteiger partial charge >= 0.3 is 12.1 Å². The smallest absolute Gasteiger partial charge is 0.407 e. The number of nitrogens with zero attached hydrogens (tertiary/aromatic N) is 4. The minimum atomic E-state index is -1.21. The normalized spacial score (nSPS) is 26.8. The molecule has 4 fully saturated rings. The van der Waals surface area contributed by atoms with Gasteiger partial charge in [0.15, 0.2) is 0 Å². The summed E-state index contributed by atoms with van der Waals surface area (Å²) >= 11 is 0. The molecule has 2 saturated heterocycles. The number of aromatic nitrogens is 4. The van der Waals surface area contributed by atoms with Crippen LogP contribution in [0.1, 0.15) is 156 Å². The van der Waals surface area contributed by atoms with Crippen LogP contribution in [0, 0.1) is 17.8 Å². The van der Waals surface area contributed by atoms with E-state index in [9.17, 15) is 19.2 Å². The van der Waals surface area contributed by atoms with Gasteiger partial charge in [0.1, 0.15) is 29.9 Å². The fourth-order valence-corrected chi connectivity index (χ4v) is 12.9. The number of carbonyl (C=O) groups is 4. The Labute approximate surface area is 386 Å². The average molecular weight is 902 g/mol. The molecule has 2 aromatic heterocycles. The van der Waals surface area contributed by atoms with Gasteiger partial charge in [0.2, 0.25) is 11.8 Å². The Kier molecular flexibility index (Phi) is 11.5. The summed E-state index contributed by atoms with van der Waals surface area (Å²) in [7, 11) is 2.82. The van der Waals surface area contributed by atoms with Crippen LogP contribution in [0.25, 0.3) is 33.6 Å². The number of likely N-dealkylation sites (tertiary alicyclic amines) is 2. The second-order valence-electron chi connectivity index (χ2n) is 20.7. The molecule has 0 spiro atoms. The number of alkyl halides is 1. The van der Waals surface area contributed by atoms with Crippen LogP contribution in [0.15, 0.2) is 36.7 Å². The predicted molar refractivity (Wildman–Crippen MR) is 248 cm³/mol. The van der Waals surface area contributed by atoms with E-state index >= 15 is 4.39 Å². The first-order chi connectivity index (χ1) is 31.7. The molecule has 6 aliphatic rings. The summed E-state index contributed by atoms with van der Waals surface area (Å²) in [5.41, 5.74) is 12.6. The van der Waals surface area contributed by atoms with Crippen LogP contribution in [-0.2, 0) is 14.3 Å². The summed E-state index contributed by atoms with van der Waals surface area (Å²) in [6.45, 7) is 10.3. The maximum Gasteiger partial charge on any atom is 0.407 e. The number of hydrogen-bond acceptors (Lipinski definition) is 7. The third-order valence-corrected chi connectivity index (χ3v) is 15.9. The molecule has 4 aromatic rings. The number of benzene rings is 2. The molecule has 2 aliphatic heterocycles. The lowest BCUT2D eigenvalue weighted by molar-refractivity contribution is -0.136. The Balaban J connectivity index is 0.966. The average Bonchev–Trinajstić information content (AvgIpc) is 4.17. The van der Waals surface area contributed by atoms with Gasteiger partial charge in [-0.3, -0.25) is 9.59 Å². The number of urea groups is 1. The van der Waals surface area contributed by atoms with Crippen molar-refractivity contribution in [2.24, 2.45) is 17.8 Å². The van der Waals surface area contributed by atoms with Crippen LogP contribution < -0.4 is 16.0 Å². The number of methoxy groups -OCH3 is 1. The van der Waals surface area contributed by atoms with E-state index in [0.29, 0.717) is 36.0 Å². The fourth-order valence-electron chi connectivity index (χ4n) is 12.9. The number of imidazole rings is 2. The molecule has 2 aromatic carbocycles. The van der Waals surface area contributed by atoms with Crippen molar-refractivity contribution in [3.63, 3.8) is 0 Å². The summed E-state index contributed by atoms with van der Waals surface area (Å²) in [4.78, 5) is 72.9. The number of aromatic amines is 2. The summed E-state index contributed by atoms with van der Waals surface area (Å²) in [5, 5.41) is 8.12. The lowest BCUT2D eigenvalue weighted by Gasteiger charge is -2.30. The van der Waals surface area contributed by atoms with Gasteiger partial charge in [0.05, 0.1) is 49.5 Å². The minimum absolute atomic E-state index is 0.0659. The number of amides is 5. The summed E-state index contributed by atoms with van der Waals surface area (Å²) in [6, 6.07) is 6.52. The molecule has 2 saturated carbocycles. The largest absolute Gasteiger partial charge is 0.453 e. The second kappa shape index (κ2) is 17.2. The molecule has 4 aliphatic carbocycles. The number of hydrogen-bond donors (Lipinski definition) is 5. The van der Waals surface area contributed by atoms with E-state index in [0.717, 1.165) is 48.5 Å². The molecule has 350 valence electrons. The number of nitrogens with one attached hydrogen (secondary N) is 5. The highest BCUT2D eigenvalue weighted by molar-refractivity contribution is 5.89. The van der Waals surface area contributed by atoms with Crippen molar-refractivity contribution in [1.29, 1.82) is 0 Å². The highest BCUT2D eigenvalue weighted by Crippen LogP contribution is 2.62. The van der Waals surface area contributed by atoms with E-state index in [1.807, 2.05) is 45.0 Å². The van der Waals surface area contributed by atoms with Crippen LogP contribution in [0.3, 0.4) is 0 Å². The number of ether oxygens (including phenoxy) is 1. The van der Waals surface area contributed by atoms with Gasteiger partial charge in [-0.25, -0.2) is 23.9 Å². The van der Waals surface area contributed by atoms with Crippen molar-refractivity contribution >= 4 is 23.9 Å². The van der Waals surface area contributed by atoms with Crippen LogP contribution in [0.2, 0.25) is 0 Å². The van der Waals surface area contributed by atoms with E-state index in [2.05, 4.69) is 57.1 Å². The van der Waals surface area contributed by atoms with Crippen molar-refractivity contribution in [3.8, 4) is 33.6 Å². The Bertz CT molecular complexity index is 2390. The van der Waals surface area contributed by atoms with Crippen molar-refractivity contribution in [3.05, 3.63) is 70.6 Å². The number of fused-ring (bicyclic) bond motifs is 10. The van der Waals surface area contributed by atoms with Crippen molar-refractivity contribution in [2.45, 2.75) is 140 Å². The van der Waals surface area contributed by atoms with E-state index in [1.54, 1.807) is 7.05 Å². The van der Waals surface area contributed by atoms with Crippen LogP contribution >= 0.6 is 0 Å². The molecule has 10 atom stereocenters. The van der Waals surface area contributed by atoms with E-state index < -0.39 is 30.4 Å². The SMILES string of the molecule is CNC(=O)NC(C(=O)N1CC(C)CC1c1ncc(-c2ccc(-c3ccc(-c4cnc(C5CC(F)CN5C(=O)C(NC(=O)OC)C(C)C)[nH]4)c4c3C3CCC4C3)c3c2C2CCC3C2)[nH]1)C(C)C. The van der Waals surface area contributed by atoms with Crippen molar-refractivity contribution in [1.82, 2.24) is 45.7 Å². The molecule has 0 radical (unpaired) electrons.